The average molecular weight is 285 g/mol. The van der Waals surface area contributed by atoms with Crippen LogP contribution < -0.4 is 5.32 Å². The molecule has 0 amide bonds. The maximum Gasteiger partial charge on any atom is 0.343 e. The number of rotatable bonds is 2. The van der Waals surface area contributed by atoms with E-state index in [9.17, 15) is 28.7 Å². The quantitative estimate of drug-likeness (QED) is 0.458. The average Bonchev–Trinajstić information content (AvgIpc) is 2.55. The SMILES string of the molecule is O=P(O)(O)C1(P(=O)(O)O)C[C@H]2CCCN[C@@H]2C1. The van der Waals surface area contributed by atoms with Crippen molar-refractivity contribution in [2.45, 2.75) is 36.6 Å². The van der Waals surface area contributed by atoms with Gasteiger partial charge >= 0.3 is 15.2 Å². The number of piperidine rings is 1. The minimum atomic E-state index is -4.84. The van der Waals surface area contributed by atoms with Crippen LogP contribution in [0.5, 0.6) is 0 Å². The van der Waals surface area contributed by atoms with Crippen LogP contribution in [0, 0.1) is 5.92 Å². The Morgan fingerprint density at radius 1 is 1.06 bits per heavy atom. The smallest absolute Gasteiger partial charge is 0.324 e. The van der Waals surface area contributed by atoms with Gasteiger partial charge in [-0.05, 0) is 38.1 Å². The Kier molecular flexibility index (Phi) is 3.33. The van der Waals surface area contributed by atoms with Crippen LogP contribution in [-0.2, 0) is 9.13 Å². The van der Waals surface area contributed by atoms with E-state index >= 15 is 0 Å². The topological polar surface area (TPSA) is 127 Å². The normalized spacial score (nSPS) is 33.4. The van der Waals surface area contributed by atoms with Gasteiger partial charge in [-0.15, -0.1) is 0 Å². The van der Waals surface area contributed by atoms with Crippen molar-refractivity contribution in [1.82, 2.24) is 5.32 Å². The van der Waals surface area contributed by atoms with Gasteiger partial charge < -0.3 is 24.9 Å². The molecule has 0 aromatic heterocycles. The summed E-state index contributed by atoms with van der Waals surface area (Å²) in [4.78, 5) is 35.2. The first kappa shape index (κ1) is 13.7. The van der Waals surface area contributed by atoms with Crippen molar-refractivity contribution in [3.8, 4) is 0 Å². The third kappa shape index (κ3) is 2.15. The van der Waals surface area contributed by atoms with Gasteiger partial charge in [-0.1, -0.05) is 0 Å². The Hall–Kier alpha value is 0.260. The highest BCUT2D eigenvalue weighted by Gasteiger charge is 2.65. The van der Waals surface area contributed by atoms with Crippen molar-refractivity contribution >= 4 is 15.2 Å². The van der Waals surface area contributed by atoms with Gasteiger partial charge in [0.05, 0.1) is 0 Å². The molecule has 2 rings (SSSR count). The number of hydrogen-bond donors (Lipinski definition) is 5. The third-order valence-corrected chi connectivity index (χ3v) is 8.41. The largest absolute Gasteiger partial charge is 0.343 e. The van der Waals surface area contributed by atoms with Crippen LogP contribution in [0.3, 0.4) is 0 Å². The third-order valence-electron chi connectivity index (χ3n) is 3.95. The van der Waals surface area contributed by atoms with Crippen molar-refractivity contribution in [3.63, 3.8) is 0 Å². The zero-order valence-electron chi connectivity index (χ0n) is 9.19. The lowest BCUT2D eigenvalue weighted by atomic mass is 9.94. The first-order valence-corrected chi connectivity index (χ1v) is 8.74. The summed E-state index contributed by atoms with van der Waals surface area (Å²) in [5.41, 5.74) is 0. The summed E-state index contributed by atoms with van der Waals surface area (Å²) in [6.45, 7) is 0.736. The second kappa shape index (κ2) is 4.14. The molecule has 0 radical (unpaired) electrons. The molecule has 1 aliphatic heterocycles. The highest BCUT2D eigenvalue weighted by Crippen LogP contribution is 2.76. The van der Waals surface area contributed by atoms with E-state index in [1.165, 1.54) is 0 Å². The number of fused-ring (bicyclic) bond motifs is 1. The maximum absolute atomic E-state index is 11.5. The molecule has 1 aliphatic carbocycles. The van der Waals surface area contributed by atoms with Gasteiger partial charge in [-0.2, -0.15) is 0 Å². The summed E-state index contributed by atoms with van der Waals surface area (Å²) < 4.78 is 23.0. The number of hydrogen-bond acceptors (Lipinski definition) is 3. The highest BCUT2D eigenvalue weighted by atomic mass is 31.2. The van der Waals surface area contributed by atoms with E-state index in [2.05, 4.69) is 5.32 Å². The zero-order valence-corrected chi connectivity index (χ0v) is 11.0. The maximum atomic E-state index is 11.5. The Balaban J connectivity index is 2.39. The fourth-order valence-corrected chi connectivity index (χ4v) is 6.17. The Morgan fingerprint density at radius 2 is 1.65 bits per heavy atom. The molecule has 0 aromatic carbocycles. The van der Waals surface area contributed by atoms with E-state index in [1.54, 1.807) is 0 Å². The molecule has 17 heavy (non-hydrogen) atoms. The van der Waals surface area contributed by atoms with Crippen LogP contribution in [0.2, 0.25) is 0 Å². The molecule has 0 spiro atoms. The lowest BCUT2D eigenvalue weighted by Gasteiger charge is -2.30. The van der Waals surface area contributed by atoms with E-state index in [4.69, 9.17) is 0 Å². The van der Waals surface area contributed by atoms with Crippen molar-refractivity contribution in [2.24, 2.45) is 5.92 Å². The molecule has 2 fully saturated rings. The van der Waals surface area contributed by atoms with E-state index in [1.807, 2.05) is 0 Å². The van der Waals surface area contributed by atoms with E-state index in [-0.39, 0.29) is 24.8 Å². The molecule has 0 bridgehead atoms. The summed E-state index contributed by atoms with van der Waals surface area (Å²) >= 11 is 0. The van der Waals surface area contributed by atoms with Gasteiger partial charge in [0.2, 0.25) is 0 Å². The summed E-state index contributed by atoms with van der Waals surface area (Å²) in [5, 5.41) is 3.09. The standard InChI is InChI=1S/C8H17NO6P2/c10-16(11,12)8(17(13,14)15)4-6-2-1-3-9-7(6)5-8/h6-7,9H,1-5H2,(H2,10,11,12)(H2,13,14,15)/t6-,7-/m1/s1. The van der Waals surface area contributed by atoms with Gasteiger partial charge in [0, 0.05) is 6.04 Å². The van der Waals surface area contributed by atoms with Crippen molar-refractivity contribution in [3.05, 3.63) is 0 Å². The molecule has 2 atom stereocenters. The predicted molar refractivity (Wildman–Crippen MR) is 60.6 cm³/mol. The molecule has 5 N–H and O–H groups in total. The first-order chi connectivity index (χ1) is 7.67. The Labute approximate surface area is 98.9 Å². The van der Waals surface area contributed by atoms with Crippen LogP contribution >= 0.6 is 15.2 Å². The number of nitrogens with one attached hydrogen (secondary N) is 1. The molecule has 0 aromatic rings. The minimum absolute atomic E-state index is 0.0519. The summed E-state index contributed by atoms with van der Waals surface area (Å²) in [7, 11) is -9.68. The molecule has 1 saturated carbocycles. The van der Waals surface area contributed by atoms with Gasteiger partial charge in [0.15, 0.2) is 4.90 Å². The lowest BCUT2D eigenvalue weighted by Crippen LogP contribution is -2.38. The van der Waals surface area contributed by atoms with Gasteiger partial charge in [0.25, 0.3) is 0 Å². The van der Waals surface area contributed by atoms with E-state index in [0.29, 0.717) is 0 Å². The summed E-state index contributed by atoms with van der Waals surface area (Å²) in [5.74, 6) is -0.0519. The van der Waals surface area contributed by atoms with Crippen LogP contribution in [0.4, 0.5) is 0 Å². The first-order valence-electron chi connectivity index (χ1n) is 5.52. The molecule has 1 heterocycles. The van der Waals surface area contributed by atoms with Gasteiger partial charge in [-0.3, -0.25) is 9.13 Å². The van der Waals surface area contributed by atoms with E-state index < -0.39 is 20.1 Å². The molecule has 0 unspecified atom stereocenters. The van der Waals surface area contributed by atoms with Crippen LogP contribution in [0.15, 0.2) is 0 Å². The highest BCUT2D eigenvalue weighted by molar-refractivity contribution is 7.72. The van der Waals surface area contributed by atoms with Gasteiger partial charge in [0.1, 0.15) is 0 Å². The fourth-order valence-electron chi connectivity index (χ4n) is 3.00. The minimum Gasteiger partial charge on any atom is -0.324 e. The summed E-state index contributed by atoms with van der Waals surface area (Å²) in [6.07, 6.45) is 1.39. The van der Waals surface area contributed by atoms with Crippen molar-refractivity contribution in [2.75, 3.05) is 6.54 Å². The van der Waals surface area contributed by atoms with Crippen molar-refractivity contribution < 1.29 is 28.7 Å². The van der Waals surface area contributed by atoms with E-state index in [0.717, 1.165) is 19.4 Å². The van der Waals surface area contributed by atoms with Crippen LogP contribution in [0.25, 0.3) is 0 Å². The monoisotopic (exact) mass is 285 g/mol. The van der Waals surface area contributed by atoms with Crippen molar-refractivity contribution in [1.29, 1.82) is 0 Å². The molecule has 7 nitrogen and oxygen atoms in total. The molecule has 1 saturated heterocycles. The van der Waals surface area contributed by atoms with Crippen LogP contribution in [0.1, 0.15) is 25.7 Å². The Bertz CT molecular complexity index is 363. The molecule has 2 aliphatic rings. The van der Waals surface area contributed by atoms with Crippen LogP contribution in [-0.4, -0.2) is 37.1 Å². The second-order valence-corrected chi connectivity index (χ2v) is 9.18. The molecular weight excluding hydrogens is 268 g/mol. The molecule has 9 heteroatoms. The Morgan fingerprint density at radius 3 is 2.12 bits per heavy atom. The molecule has 100 valence electrons. The fraction of sp³-hybridized carbons (Fsp3) is 1.00. The van der Waals surface area contributed by atoms with Gasteiger partial charge in [-0.25, -0.2) is 0 Å². The zero-order chi connectivity index (χ0) is 12.9. The molecular formula is C8H17NO6P2. The second-order valence-electron chi connectivity index (χ2n) is 4.94. The lowest BCUT2D eigenvalue weighted by molar-refractivity contribution is 0.303. The predicted octanol–water partition coefficient (Wildman–Crippen LogP) is 0.200. The summed E-state index contributed by atoms with van der Waals surface area (Å²) in [6, 6.07) is -0.191.